The van der Waals surface area contributed by atoms with E-state index >= 15 is 0 Å². The molecule has 0 spiro atoms. The molecular formula is C36H51N3O3. The molecule has 0 saturated heterocycles. The maximum Gasteiger partial charge on any atom is 0.306 e. The number of fused-ring (bicyclic) bond motifs is 1. The van der Waals surface area contributed by atoms with Crippen LogP contribution in [0.5, 0.6) is 0 Å². The SMILES string of the molecule is CCC(C)C(C)C(=O)O.CCCN(CCCC(=O)C(c1ccccc1)C1CCCC1)Cc1nc(C)c2ccccc2n1. The van der Waals surface area contributed by atoms with Crippen LogP contribution in [0.2, 0.25) is 0 Å². The van der Waals surface area contributed by atoms with E-state index in [-0.39, 0.29) is 11.8 Å². The van der Waals surface area contributed by atoms with E-state index in [1.807, 2.05) is 32.0 Å². The summed E-state index contributed by atoms with van der Waals surface area (Å²) >= 11 is 0. The first-order valence-corrected chi connectivity index (χ1v) is 16.0. The number of carbonyl (C=O) groups is 2. The van der Waals surface area contributed by atoms with E-state index in [0.29, 0.717) is 24.0 Å². The molecule has 4 rings (SSSR count). The summed E-state index contributed by atoms with van der Waals surface area (Å²) in [4.78, 5) is 35.7. The number of Topliss-reactive ketones (excluding diaryl/α,β-unsaturated/α-hetero) is 1. The van der Waals surface area contributed by atoms with Crippen molar-refractivity contribution in [2.45, 2.75) is 98.4 Å². The Morgan fingerprint density at radius 3 is 2.24 bits per heavy atom. The summed E-state index contributed by atoms with van der Waals surface area (Å²) in [5.74, 6) is 1.28. The normalized spacial score (nSPS) is 15.7. The van der Waals surface area contributed by atoms with Crippen LogP contribution < -0.4 is 0 Å². The van der Waals surface area contributed by atoms with Gasteiger partial charge in [-0.3, -0.25) is 14.5 Å². The number of nitrogens with zero attached hydrogens (tertiary/aromatic N) is 3. The van der Waals surface area contributed by atoms with Crippen LogP contribution in [0.4, 0.5) is 0 Å². The van der Waals surface area contributed by atoms with E-state index in [9.17, 15) is 9.59 Å². The molecule has 1 N–H and O–H groups in total. The number of carboxylic acid groups (broad SMARTS) is 1. The van der Waals surface area contributed by atoms with Crippen molar-refractivity contribution in [3.8, 4) is 0 Å². The molecule has 228 valence electrons. The van der Waals surface area contributed by atoms with E-state index in [0.717, 1.165) is 61.3 Å². The largest absolute Gasteiger partial charge is 0.481 e. The second kappa shape index (κ2) is 17.1. The lowest BCUT2D eigenvalue weighted by Crippen LogP contribution is -2.28. The topological polar surface area (TPSA) is 83.4 Å². The lowest BCUT2D eigenvalue weighted by Gasteiger charge is -2.24. The number of aliphatic carboxylic acids is 1. The van der Waals surface area contributed by atoms with Gasteiger partial charge < -0.3 is 5.11 Å². The number of hydrogen-bond donors (Lipinski definition) is 1. The highest BCUT2D eigenvalue weighted by Crippen LogP contribution is 2.38. The number of hydrogen-bond acceptors (Lipinski definition) is 5. The van der Waals surface area contributed by atoms with Gasteiger partial charge in [0, 0.05) is 23.4 Å². The highest BCUT2D eigenvalue weighted by atomic mass is 16.4. The van der Waals surface area contributed by atoms with Crippen LogP contribution >= 0.6 is 0 Å². The zero-order valence-corrected chi connectivity index (χ0v) is 26.4. The average Bonchev–Trinajstić information content (AvgIpc) is 3.52. The molecule has 1 heterocycles. The van der Waals surface area contributed by atoms with Crippen molar-refractivity contribution in [2.75, 3.05) is 13.1 Å². The van der Waals surface area contributed by atoms with Gasteiger partial charge >= 0.3 is 5.97 Å². The quantitative estimate of drug-likeness (QED) is 0.209. The lowest BCUT2D eigenvalue weighted by molar-refractivity contribution is -0.142. The minimum absolute atomic E-state index is 0.0693. The van der Waals surface area contributed by atoms with Crippen molar-refractivity contribution in [1.82, 2.24) is 14.9 Å². The number of aryl methyl sites for hydroxylation is 1. The molecule has 3 aromatic rings. The monoisotopic (exact) mass is 573 g/mol. The molecule has 0 radical (unpaired) electrons. The third kappa shape index (κ3) is 9.72. The fraction of sp³-hybridized carbons (Fsp3) is 0.556. The molecule has 0 amide bonds. The van der Waals surface area contributed by atoms with Gasteiger partial charge in [-0.15, -0.1) is 0 Å². The summed E-state index contributed by atoms with van der Waals surface area (Å²) in [5, 5.41) is 9.60. The van der Waals surface area contributed by atoms with Crippen LogP contribution in [0.25, 0.3) is 10.9 Å². The van der Waals surface area contributed by atoms with E-state index in [1.54, 1.807) is 6.92 Å². The van der Waals surface area contributed by atoms with Crippen LogP contribution in [-0.4, -0.2) is 44.8 Å². The number of para-hydroxylation sites is 1. The van der Waals surface area contributed by atoms with Crippen molar-refractivity contribution < 1.29 is 14.7 Å². The Morgan fingerprint density at radius 1 is 0.952 bits per heavy atom. The minimum Gasteiger partial charge on any atom is -0.481 e. The Morgan fingerprint density at radius 2 is 1.62 bits per heavy atom. The van der Waals surface area contributed by atoms with E-state index in [4.69, 9.17) is 15.1 Å². The van der Waals surface area contributed by atoms with Gasteiger partial charge in [0.1, 0.15) is 11.6 Å². The molecule has 1 aliphatic carbocycles. The van der Waals surface area contributed by atoms with E-state index < -0.39 is 5.97 Å². The number of rotatable bonds is 14. The van der Waals surface area contributed by atoms with Crippen molar-refractivity contribution in [1.29, 1.82) is 0 Å². The first-order chi connectivity index (χ1) is 20.2. The summed E-state index contributed by atoms with van der Waals surface area (Å²) in [6.07, 6.45) is 8.45. The number of ketones is 1. The van der Waals surface area contributed by atoms with Gasteiger partial charge in [0.25, 0.3) is 0 Å². The Labute approximate surface area is 253 Å². The maximum absolute atomic E-state index is 13.4. The highest BCUT2D eigenvalue weighted by molar-refractivity contribution is 5.86. The fourth-order valence-electron chi connectivity index (χ4n) is 6.05. The standard InChI is InChI=1S/C29H37N3O.C7H14O2/c1-3-19-32(21-28-30-22(2)25-16-9-10-17-26(25)31-28)20-11-18-27(33)29(24-14-7-8-15-24)23-12-5-4-6-13-23;1-4-5(2)6(3)7(8)9/h4-6,9-10,12-13,16-17,24,29H,3,7-8,11,14-15,18-21H2,1-2H3;5-6H,4H2,1-3H3,(H,8,9). The van der Waals surface area contributed by atoms with Gasteiger partial charge in [-0.25, -0.2) is 9.97 Å². The van der Waals surface area contributed by atoms with Crippen molar-refractivity contribution in [2.24, 2.45) is 17.8 Å². The predicted molar refractivity (Wildman–Crippen MR) is 171 cm³/mol. The first kappa shape index (κ1) is 33.4. The van der Waals surface area contributed by atoms with Gasteiger partial charge in [0.05, 0.1) is 18.0 Å². The Bertz CT molecular complexity index is 1260. The summed E-state index contributed by atoms with van der Waals surface area (Å²) < 4.78 is 0. The Hall–Kier alpha value is -3.12. The third-order valence-electron chi connectivity index (χ3n) is 8.91. The number of carbonyl (C=O) groups excluding carboxylic acids is 1. The number of carboxylic acids is 1. The molecule has 1 saturated carbocycles. The molecule has 3 unspecified atom stereocenters. The van der Waals surface area contributed by atoms with Crippen LogP contribution in [0.1, 0.15) is 102 Å². The third-order valence-corrected chi connectivity index (χ3v) is 8.91. The maximum atomic E-state index is 13.4. The van der Waals surface area contributed by atoms with Crippen LogP contribution in [0.3, 0.4) is 0 Å². The second-order valence-electron chi connectivity index (χ2n) is 12.0. The van der Waals surface area contributed by atoms with Gasteiger partial charge in [-0.2, -0.15) is 0 Å². The molecule has 6 heteroatoms. The molecule has 2 aromatic carbocycles. The zero-order valence-electron chi connectivity index (χ0n) is 26.4. The molecule has 1 aromatic heterocycles. The predicted octanol–water partition coefficient (Wildman–Crippen LogP) is 8.23. The second-order valence-corrected chi connectivity index (χ2v) is 12.0. The summed E-state index contributed by atoms with van der Waals surface area (Å²) in [7, 11) is 0. The Balaban J connectivity index is 0.000000467. The summed E-state index contributed by atoms with van der Waals surface area (Å²) in [6, 6.07) is 18.7. The van der Waals surface area contributed by atoms with Crippen molar-refractivity contribution in [3.63, 3.8) is 0 Å². The van der Waals surface area contributed by atoms with Crippen LogP contribution in [0, 0.1) is 24.7 Å². The first-order valence-electron chi connectivity index (χ1n) is 16.0. The molecule has 0 bridgehead atoms. The van der Waals surface area contributed by atoms with Gasteiger partial charge in [0.15, 0.2) is 0 Å². The Kier molecular flexibility index (Phi) is 13.6. The smallest absolute Gasteiger partial charge is 0.306 e. The summed E-state index contributed by atoms with van der Waals surface area (Å²) in [5.41, 5.74) is 3.25. The lowest BCUT2D eigenvalue weighted by atomic mass is 9.80. The number of aromatic nitrogens is 2. The highest BCUT2D eigenvalue weighted by Gasteiger charge is 2.31. The van der Waals surface area contributed by atoms with Crippen molar-refractivity contribution in [3.05, 3.63) is 71.7 Å². The van der Waals surface area contributed by atoms with Crippen molar-refractivity contribution >= 4 is 22.7 Å². The van der Waals surface area contributed by atoms with Crippen LogP contribution in [-0.2, 0) is 16.1 Å². The van der Waals surface area contributed by atoms with Gasteiger partial charge in [-0.05, 0) is 69.2 Å². The summed E-state index contributed by atoms with van der Waals surface area (Å²) in [6.45, 7) is 12.6. The van der Waals surface area contributed by atoms with Gasteiger partial charge in [-0.1, -0.05) is 95.5 Å². The molecule has 6 nitrogen and oxygen atoms in total. The molecular weight excluding hydrogens is 522 g/mol. The fourth-order valence-corrected chi connectivity index (χ4v) is 6.05. The average molecular weight is 574 g/mol. The minimum atomic E-state index is -0.690. The number of benzene rings is 2. The van der Waals surface area contributed by atoms with E-state index in [1.165, 1.54) is 31.2 Å². The molecule has 1 aliphatic rings. The molecule has 0 aliphatic heterocycles. The van der Waals surface area contributed by atoms with Gasteiger partial charge in [0.2, 0.25) is 0 Å². The zero-order chi connectivity index (χ0) is 30.5. The molecule has 3 atom stereocenters. The molecule has 1 fully saturated rings. The van der Waals surface area contributed by atoms with Crippen LogP contribution in [0.15, 0.2) is 54.6 Å². The van der Waals surface area contributed by atoms with E-state index in [2.05, 4.69) is 55.1 Å². The molecule has 42 heavy (non-hydrogen) atoms.